The van der Waals surface area contributed by atoms with Crippen LogP contribution < -0.4 is 10.9 Å². The molecule has 0 bridgehead atoms. The number of pyridine rings is 2. The highest BCUT2D eigenvalue weighted by Crippen LogP contribution is 2.32. The van der Waals surface area contributed by atoms with Gasteiger partial charge < -0.3 is 5.32 Å². The lowest BCUT2D eigenvalue weighted by Gasteiger charge is -2.20. The average molecular weight is 477 g/mol. The number of anilines is 1. The van der Waals surface area contributed by atoms with Gasteiger partial charge in [0.05, 0.1) is 17.4 Å². The van der Waals surface area contributed by atoms with Crippen LogP contribution in [0.25, 0.3) is 16.6 Å². The lowest BCUT2D eigenvalue weighted by atomic mass is 10.0. The predicted molar refractivity (Wildman–Crippen MR) is 124 cm³/mol. The molecule has 33 heavy (non-hydrogen) atoms. The second kappa shape index (κ2) is 8.66. The minimum absolute atomic E-state index is 0.0957. The van der Waals surface area contributed by atoms with Gasteiger partial charge >= 0.3 is 0 Å². The van der Waals surface area contributed by atoms with Gasteiger partial charge in [-0.05, 0) is 31.1 Å². The second-order valence-electron chi connectivity index (χ2n) is 8.10. The van der Waals surface area contributed by atoms with Gasteiger partial charge in [-0.2, -0.15) is 0 Å². The number of benzene rings is 1. The molecule has 2 atom stereocenters. The molecule has 174 valence electrons. The molecule has 0 aliphatic carbocycles. The van der Waals surface area contributed by atoms with Gasteiger partial charge in [0.25, 0.3) is 12.0 Å². The standard InChI is InChI=1S/C23H23F3N4O2S/c1-13(15-4-3-5-16(20(15)24)21(25)26)29-19-6-9-28-22-18(19)12-17(23(31)30(22)2)14-7-10-33(27,32)11-8-14/h3-7,9,12-13,21,27H,8,10-11H2,1-2H3,(H,28,29)/t13-,33?/m1/s1. The number of nitrogens with one attached hydrogen (secondary N) is 2. The Balaban J connectivity index is 1.78. The third-order valence-corrected chi connectivity index (χ3v) is 7.46. The Morgan fingerprint density at radius 1 is 1.24 bits per heavy atom. The molecule has 0 saturated carbocycles. The summed E-state index contributed by atoms with van der Waals surface area (Å²) in [4.78, 5) is 17.3. The van der Waals surface area contributed by atoms with Crippen LogP contribution in [0.5, 0.6) is 0 Å². The normalized spacial score (nSPS) is 19.5. The summed E-state index contributed by atoms with van der Waals surface area (Å²) in [5, 5.41) is 3.76. The maximum atomic E-state index is 14.7. The first-order chi connectivity index (χ1) is 15.6. The minimum atomic E-state index is -2.92. The Morgan fingerprint density at radius 3 is 2.64 bits per heavy atom. The minimum Gasteiger partial charge on any atom is -0.378 e. The fourth-order valence-corrected chi connectivity index (χ4v) is 5.22. The van der Waals surface area contributed by atoms with Crippen LogP contribution in [0.15, 0.2) is 47.4 Å². The van der Waals surface area contributed by atoms with Crippen LogP contribution in [-0.2, 0) is 16.8 Å². The summed E-state index contributed by atoms with van der Waals surface area (Å²) in [6.45, 7) is 1.66. The quantitative estimate of drug-likeness (QED) is 0.542. The van der Waals surface area contributed by atoms with E-state index in [1.165, 1.54) is 22.9 Å². The van der Waals surface area contributed by atoms with Crippen LogP contribution in [-0.4, -0.2) is 25.3 Å². The van der Waals surface area contributed by atoms with E-state index in [2.05, 4.69) is 10.3 Å². The van der Waals surface area contributed by atoms with E-state index < -0.39 is 33.6 Å². The number of nitrogens with zero attached hydrogens (tertiary/aromatic N) is 2. The van der Waals surface area contributed by atoms with E-state index in [1.54, 1.807) is 32.2 Å². The fraction of sp³-hybridized carbons (Fsp3) is 0.304. The molecule has 1 aliphatic heterocycles. The topological polar surface area (TPSA) is 87.8 Å². The van der Waals surface area contributed by atoms with Gasteiger partial charge in [-0.1, -0.05) is 24.3 Å². The zero-order chi connectivity index (χ0) is 23.9. The molecule has 2 aromatic heterocycles. The first kappa shape index (κ1) is 23.0. The summed E-state index contributed by atoms with van der Waals surface area (Å²) in [6.07, 6.45) is 0.628. The monoisotopic (exact) mass is 476 g/mol. The van der Waals surface area contributed by atoms with Crippen molar-refractivity contribution in [2.75, 3.05) is 16.8 Å². The maximum Gasteiger partial charge on any atom is 0.266 e. The summed E-state index contributed by atoms with van der Waals surface area (Å²) in [5.41, 5.74) is 1.30. The number of halogens is 3. The van der Waals surface area contributed by atoms with Crippen LogP contribution in [0.4, 0.5) is 18.9 Å². The lowest BCUT2D eigenvalue weighted by Crippen LogP contribution is -2.24. The molecule has 1 unspecified atom stereocenters. The smallest absolute Gasteiger partial charge is 0.266 e. The molecule has 1 aliphatic rings. The van der Waals surface area contributed by atoms with E-state index in [4.69, 9.17) is 4.78 Å². The molecule has 0 radical (unpaired) electrons. The summed E-state index contributed by atoms with van der Waals surface area (Å²) >= 11 is 0. The Kier molecular flexibility index (Phi) is 6.04. The largest absolute Gasteiger partial charge is 0.378 e. The third kappa shape index (κ3) is 4.39. The lowest BCUT2D eigenvalue weighted by molar-refractivity contribution is 0.146. The molecule has 0 fully saturated rings. The molecule has 6 nitrogen and oxygen atoms in total. The van der Waals surface area contributed by atoms with Gasteiger partial charge in [-0.15, -0.1) is 0 Å². The van der Waals surface area contributed by atoms with Crippen molar-refractivity contribution in [1.29, 1.82) is 4.78 Å². The number of hydrogen-bond acceptors (Lipinski definition) is 5. The molecule has 3 aromatic rings. The van der Waals surface area contributed by atoms with Crippen molar-refractivity contribution in [2.45, 2.75) is 25.8 Å². The molecule has 10 heteroatoms. The van der Waals surface area contributed by atoms with Crippen molar-refractivity contribution in [3.63, 3.8) is 0 Å². The summed E-state index contributed by atoms with van der Waals surface area (Å²) in [5.74, 6) is -0.668. The van der Waals surface area contributed by atoms with Crippen molar-refractivity contribution in [1.82, 2.24) is 9.55 Å². The van der Waals surface area contributed by atoms with E-state index in [0.29, 0.717) is 28.7 Å². The number of aryl methyl sites for hydroxylation is 1. The average Bonchev–Trinajstić information content (AvgIpc) is 2.76. The predicted octanol–water partition coefficient (Wildman–Crippen LogP) is 5.02. The molecule has 0 spiro atoms. The van der Waals surface area contributed by atoms with Crippen LogP contribution in [0.2, 0.25) is 0 Å². The second-order valence-corrected chi connectivity index (χ2v) is 10.5. The van der Waals surface area contributed by atoms with Gasteiger partial charge in [0, 0.05) is 50.9 Å². The molecule has 3 heterocycles. The molecular formula is C23H23F3N4O2S. The molecule has 4 rings (SSSR count). The van der Waals surface area contributed by atoms with Crippen LogP contribution in [0.3, 0.4) is 0 Å². The van der Waals surface area contributed by atoms with E-state index in [1.807, 2.05) is 0 Å². The Hall–Kier alpha value is -3.14. The highest BCUT2D eigenvalue weighted by Gasteiger charge is 2.22. The number of aromatic nitrogens is 2. The van der Waals surface area contributed by atoms with Crippen molar-refractivity contribution in [3.05, 3.63) is 75.5 Å². The molecule has 0 amide bonds. The Bertz CT molecular complexity index is 1430. The number of allylic oxidation sites excluding steroid dienone is 1. The number of fused-ring (bicyclic) bond motifs is 1. The van der Waals surface area contributed by atoms with Crippen LogP contribution in [0, 0.1) is 10.6 Å². The zero-order valence-electron chi connectivity index (χ0n) is 18.1. The summed E-state index contributed by atoms with van der Waals surface area (Å²) < 4.78 is 62.1. The van der Waals surface area contributed by atoms with Crippen molar-refractivity contribution < 1.29 is 17.4 Å². The van der Waals surface area contributed by atoms with Gasteiger partial charge in [0.15, 0.2) is 0 Å². The third-order valence-electron chi connectivity index (χ3n) is 5.89. The molecule has 2 N–H and O–H groups in total. The van der Waals surface area contributed by atoms with Crippen LogP contribution >= 0.6 is 0 Å². The molecule has 1 aromatic carbocycles. The van der Waals surface area contributed by atoms with Crippen molar-refractivity contribution in [2.24, 2.45) is 7.05 Å². The van der Waals surface area contributed by atoms with Gasteiger partial charge in [-0.3, -0.25) is 14.1 Å². The maximum absolute atomic E-state index is 14.7. The van der Waals surface area contributed by atoms with Gasteiger partial charge in [-0.25, -0.2) is 22.4 Å². The summed E-state index contributed by atoms with van der Waals surface area (Å²) in [7, 11) is -1.06. The number of alkyl halides is 2. The summed E-state index contributed by atoms with van der Waals surface area (Å²) in [6, 6.07) is 6.63. The van der Waals surface area contributed by atoms with Gasteiger partial charge in [0.1, 0.15) is 11.5 Å². The Morgan fingerprint density at radius 2 is 1.97 bits per heavy atom. The Labute approximate surface area is 189 Å². The van der Waals surface area contributed by atoms with Crippen LogP contribution in [0.1, 0.15) is 42.5 Å². The highest BCUT2D eigenvalue weighted by molar-refractivity contribution is 7.92. The number of hydrogen-bond donors (Lipinski definition) is 2. The molecular weight excluding hydrogens is 453 g/mol. The van der Waals surface area contributed by atoms with Gasteiger partial charge in [0.2, 0.25) is 0 Å². The SMILES string of the molecule is C[C@@H](Nc1ccnc2c1cc(C1=CCS(=N)(=O)CC1)c(=O)n2C)c1cccc(C(F)F)c1F. The number of rotatable bonds is 5. The van der Waals surface area contributed by atoms with Crippen molar-refractivity contribution >= 4 is 32.0 Å². The molecule has 0 saturated heterocycles. The zero-order valence-corrected chi connectivity index (χ0v) is 18.9. The van der Waals surface area contributed by atoms with E-state index in [9.17, 15) is 22.2 Å². The fourth-order valence-electron chi connectivity index (χ4n) is 4.03. The first-order valence-corrected chi connectivity index (χ1v) is 12.2. The highest BCUT2D eigenvalue weighted by atomic mass is 32.2. The van der Waals surface area contributed by atoms with E-state index in [-0.39, 0.29) is 22.6 Å². The van der Waals surface area contributed by atoms with E-state index >= 15 is 0 Å². The first-order valence-electron chi connectivity index (χ1n) is 10.3. The van der Waals surface area contributed by atoms with E-state index in [0.717, 1.165) is 11.6 Å². The van der Waals surface area contributed by atoms with Crippen molar-refractivity contribution in [3.8, 4) is 0 Å².